The molecule has 3 rings (SSSR count). The normalized spacial score (nSPS) is 18.2. The first-order valence-corrected chi connectivity index (χ1v) is 13.0. The average molecular weight is 541 g/mol. The summed E-state index contributed by atoms with van der Waals surface area (Å²) in [7, 11) is 1.54. The number of aromatic amines is 1. The zero-order valence-corrected chi connectivity index (χ0v) is 22.8. The number of alkyl halides is 3. The molecule has 0 unspecified atom stereocenters. The highest BCUT2D eigenvalue weighted by molar-refractivity contribution is 6.31. The number of H-pyrrole nitrogens is 1. The lowest BCUT2D eigenvalue weighted by molar-refractivity contribution is -0.148. The number of hydrogen-bond acceptors (Lipinski definition) is 4. The van der Waals surface area contributed by atoms with Gasteiger partial charge in [0.25, 0.3) is 11.5 Å². The van der Waals surface area contributed by atoms with Crippen molar-refractivity contribution in [2.45, 2.75) is 78.2 Å². The Hall–Kier alpha value is -2.52. The van der Waals surface area contributed by atoms with Crippen molar-refractivity contribution in [1.29, 1.82) is 0 Å². The number of nitrogens with zero attached hydrogens (tertiary/aromatic N) is 2. The van der Waals surface area contributed by atoms with Crippen LogP contribution in [0.3, 0.4) is 0 Å². The van der Waals surface area contributed by atoms with Crippen molar-refractivity contribution in [1.82, 2.24) is 15.2 Å². The van der Waals surface area contributed by atoms with Gasteiger partial charge in [-0.05, 0) is 89.8 Å². The molecule has 1 heterocycles. The van der Waals surface area contributed by atoms with E-state index in [2.05, 4.69) is 15.2 Å². The lowest BCUT2D eigenvalue weighted by Gasteiger charge is -2.41. The number of carbonyl (C=O) groups excluding carboxylic acids is 1. The number of rotatable bonds is 8. The zero-order chi connectivity index (χ0) is 27.5. The molecule has 0 radical (unpaired) electrons. The first kappa shape index (κ1) is 29.0. The van der Waals surface area contributed by atoms with Crippen molar-refractivity contribution in [2.75, 3.05) is 25.0 Å². The first-order chi connectivity index (χ1) is 17.3. The number of nitrogens with one attached hydrogen (secondary N) is 2. The van der Waals surface area contributed by atoms with Crippen LogP contribution >= 0.6 is 11.6 Å². The minimum Gasteiger partial charge on any atom is -0.369 e. The Balaban J connectivity index is 1.75. The minimum atomic E-state index is -4.21. The van der Waals surface area contributed by atoms with Crippen LogP contribution in [0.2, 0.25) is 5.02 Å². The van der Waals surface area contributed by atoms with E-state index >= 15 is 0 Å². The smallest absolute Gasteiger partial charge is 0.369 e. The maximum atomic E-state index is 13.2. The summed E-state index contributed by atoms with van der Waals surface area (Å²) in [6, 6.07) is 5.36. The van der Waals surface area contributed by atoms with Crippen LogP contribution in [0, 0.1) is 20.8 Å². The Kier molecular flexibility index (Phi) is 9.34. The molecule has 37 heavy (non-hydrogen) atoms. The Morgan fingerprint density at radius 2 is 1.73 bits per heavy atom. The lowest BCUT2D eigenvalue weighted by atomic mass is 9.88. The standard InChI is InChI=1S/C27H36ClF3N4O2/c1-6-35(21-9-7-20(8-10-21)34(5)15-27(29,30)31)24-13-19(28)12-22(18(24)4)25(36)32-14-23-16(2)11-17(3)33-26(23)37/h11-13,20-21H,6-10,14-15H2,1-5H3,(H,32,36)(H,33,37)/t20-,21-. The van der Waals surface area contributed by atoms with E-state index in [4.69, 9.17) is 11.6 Å². The van der Waals surface area contributed by atoms with E-state index in [-0.39, 0.29) is 30.1 Å². The van der Waals surface area contributed by atoms with Gasteiger partial charge in [0.15, 0.2) is 0 Å². The van der Waals surface area contributed by atoms with Crippen LogP contribution in [0.1, 0.15) is 65.3 Å². The highest BCUT2D eigenvalue weighted by Gasteiger charge is 2.34. The molecule has 204 valence electrons. The molecule has 1 amide bonds. The molecule has 1 fully saturated rings. The molecule has 1 aliphatic carbocycles. The highest BCUT2D eigenvalue weighted by Crippen LogP contribution is 2.34. The second kappa shape index (κ2) is 11.9. The van der Waals surface area contributed by atoms with Crippen molar-refractivity contribution in [3.8, 4) is 0 Å². The third-order valence-corrected chi connectivity index (χ3v) is 7.54. The average Bonchev–Trinajstić information content (AvgIpc) is 2.80. The van der Waals surface area contributed by atoms with Crippen molar-refractivity contribution in [2.24, 2.45) is 0 Å². The zero-order valence-electron chi connectivity index (χ0n) is 22.1. The number of anilines is 1. The Morgan fingerprint density at radius 1 is 1.11 bits per heavy atom. The van der Waals surface area contributed by atoms with E-state index in [1.165, 1.54) is 11.9 Å². The number of halogens is 4. The van der Waals surface area contributed by atoms with Gasteiger partial charge in [-0.25, -0.2) is 0 Å². The van der Waals surface area contributed by atoms with E-state index in [1.54, 1.807) is 13.0 Å². The lowest BCUT2D eigenvalue weighted by Crippen LogP contribution is -2.45. The summed E-state index contributed by atoms with van der Waals surface area (Å²) in [5.41, 5.74) is 3.88. The molecule has 1 saturated carbocycles. The van der Waals surface area contributed by atoms with Gasteiger partial charge in [-0.15, -0.1) is 0 Å². The first-order valence-electron chi connectivity index (χ1n) is 12.6. The monoisotopic (exact) mass is 540 g/mol. The van der Waals surface area contributed by atoms with Gasteiger partial charge >= 0.3 is 6.18 Å². The van der Waals surface area contributed by atoms with Gasteiger partial charge < -0.3 is 15.2 Å². The van der Waals surface area contributed by atoms with Crippen molar-refractivity contribution in [3.05, 3.63) is 61.5 Å². The van der Waals surface area contributed by atoms with Gasteiger partial charge in [0.2, 0.25) is 0 Å². The fraction of sp³-hybridized carbons (Fsp3) is 0.556. The Bertz CT molecular complexity index is 1170. The van der Waals surface area contributed by atoms with Gasteiger partial charge in [-0.3, -0.25) is 14.5 Å². The Labute approximate surface area is 221 Å². The summed E-state index contributed by atoms with van der Waals surface area (Å²) >= 11 is 6.44. The third kappa shape index (κ3) is 7.29. The maximum Gasteiger partial charge on any atom is 0.401 e. The van der Waals surface area contributed by atoms with Crippen LogP contribution in [0.5, 0.6) is 0 Å². The molecule has 2 N–H and O–H groups in total. The van der Waals surface area contributed by atoms with E-state index in [0.29, 0.717) is 35.5 Å². The number of aryl methyl sites for hydroxylation is 2. The molecule has 1 aliphatic rings. The minimum absolute atomic E-state index is 0.0918. The summed E-state index contributed by atoms with van der Waals surface area (Å²) < 4.78 is 38.5. The van der Waals surface area contributed by atoms with Crippen molar-refractivity contribution < 1.29 is 18.0 Å². The molecule has 2 aromatic rings. The largest absolute Gasteiger partial charge is 0.401 e. The molecule has 0 saturated heterocycles. The number of pyridine rings is 1. The molecular formula is C27H36ClF3N4O2. The molecular weight excluding hydrogens is 505 g/mol. The summed E-state index contributed by atoms with van der Waals surface area (Å²) in [6.07, 6.45) is -1.36. The summed E-state index contributed by atoms with van der Waals surface area (Å²) in [5, 5.41) is 3.27. The molecule has 1 aromatic carbocycles. The molecule has 0 atom stereocenters. The second-order valence-corrected chi connectivity index (χ2v) is 10.4. The van der Waals surface area contributed by atoms with Gasteiger partial charge in [0.05, 0.1) is 6.54 Å². The number of carbonyl (C=O) groups is 1. The summed E-state index contributed by atoms with van der Waals surface area (Å²) in [5.74, 6) is -0.325. The quantitative estimate of drug-likeness (QED) is 0.463. The predicted octanol–water partition coefficient (Wildman–Crippen LogP) is 5.52. The molecule has 0 aliphatic heterocycles. The number of aromatic nitrogens is 1. The topological polar surface area (TPSA) is 68.4 Å². The van der Waals surface area contributed by atoms with Crippen LogP contribution < -0.4 is 15.8 Å². The van der Waals surface area contributed by atoms with Crippen molar-refractivity contribution in [3.63, 3.8) is 0 Å². The van der Waals surface area contributed by atoms with Crippen LogP contribution in [-0.2, 0) is 6.54 Å². The fourth-order valence-electron chi connectivity index (χ4n) is 5.41. The van der Waals surface area contributed by atoms with E-state index in [0.717, 1.165) is 35.3 Å². The van der Waals surface area contributed by atoms with Crippen LogP contribution in [-0.4, -0.2) is 54.2 Å². The van der Waals surface area contributed by atoms with Gasteiger partial charge in [0.1, 0.15) is 0 Å². The number of benzene rings is 1. The van der Waals surface area contributed by atoms with Crippen LogP contribution in [0.15, 0.2) is 23.0 Å². The molecule has 6 nitrogen and oxygen atoms in total. The molecule has 0 bridgehead atoms. The predicted molar refractivity (Wildman–Crippen MR) is 142 cm³/mol. The Morgan fingerprint density at radius 3 is 2.30 bits per heavy atom. The molecule has 1 aromatic heterocycles. The summed E-state index contributed by atoms with van der Waals surface area (Å²) in [6.45, 7) is 7.40. The maximum absolute atomic E-state index is 13.2. The van der Waals surface area contributed by atoms with Gasteiger partial charge in [0, 0.05) is 52.7 Å². The summed E-state index contributed by atoms with van der Waals surface area (Å²) in [4.78, 5) is 31.8. The fourth-order valence-corrected chi connectivity index (χ4v) is 5.62. The SMILES string of the molecule is CCN(c1cc(Cl)cc(C(=O)NCc2c(C)cc(C)[nH]c2=O)c1C)[C@H]1CC[C@H](N(C)CC(F)(F)F)CC1. The van der Waals surface area contributed by atoms with Crippen LogP contribution in [0.25, 0.3) is 0 Å². The number of hydrogen-bond donors (Lipinski definition) is 2. The van der Waals surface area contributed by atoms with Gasteiger partial charge in [-0.2, -0.15) is 13.2 Å². The van der Waals surface area contributed by atoms with E-state index in [9.17, 15) is 22.8 Å². The van der Waals surface area contributed by atoms with Gasteiger partial charge in [-0.1, -0.05) is 11.6 Å². The van der Waals surface area contributed by atoms with Crippen molar-refractivity contribution >= 4 is 23.2 Å². The molecule has 0 spiro atoms. The van der Waals surface area contributed by atoms with E-state index in [1.807, 2.05) is 32.9 Å². The molecule has 10 heteroatoms. The third-order valence-electron chi connectivity index (χ3n) is 7.32. The van der Waals surface area contributed by atoms with Crippen LogP contribution in [0.4, 0.5) is 18.9 Å². The number of amides is 1. The van der Waals surface area contributed by atoms with E-state index < -0.39 is 12.7 Å². The second-order valence-electron chi connectivity index (χ2n) is 10.0. The highest BCUT2D eigenvalue weighted by atomic mass is 35.5.